The summed E-state index contributed by atoms with van der Waals surface area (Å²) in [6, 6.07) is 9.57. The zero-order chi connectivity index (χ0) is 16.2. The third-order valence-electron chi connectivity index (χ3n) is 3.42. The summed E-state index contributed by atoms with van der Waals surface area (Å²) in [5, 5.41) is 16.5. The molecule has 0 aliphatic heterocycles. The molecule has 2 heterocycles. The summed E-state index contributed by atoms with van der Waals surface area (Å²) in [6.45, 7) is 2.73. The molecule has 2 aromatic heterocycles. The van der Waals surface area contributed by atoms with Crippen molar-refractivity contribution in [3.63, 3.8) is 0 Å². The number of rotatable bonds is 6. The van der Waals surface area contributed by atoms with Crippen molar-refractivity contribution in [2.45, 2.75) is 19.8 Å². The third kappa shape index (κ3) is 3.84. The number of hydrogen-bond donors (Lipinski definition) is 2. The maximum Gasteiger partial charge on any atom is 0.309 e. The first-order valence-corrected chi connectivity index (χ1v) is 8.25. The minimum Gasteiger partial charge on any atom is -0.481 e. The first-order chi connectivity index (χ1) is 11.1. The largest absolute Gasteiger partial charge is 0.481 e. The number of carbonyl (C=O) groups is 1. The molecule has 0 unspecified atom stereocenters. The number of pyridine rings is 1. The van der Waals surface area contributed by atoms with Crippen molar-refractivity contribution in [1.82, 2.24) is 9.97 Å². The van der Waals surface area contributed by atoms with Crippen LogP contribution in [-0.4, -0.2) is 27.6 Å². The molecule has 0 aliphatic carbocycles. The number of thiazole rings is 1. The van der Waals surface area contributed by atoms with Crippen molar-refractivity contribution < 1.29 is 9.90 Å². The van der Waals surface area contributed by atoms with Gasteiger partial charge < -0.3 is 10.4 Å². The van der Waals surface area contributed by atoms with Crippen LogP contribution in [0.2, 0.25) is 0 Å². The maximum absolute atomic E-state index is 11.0. The van der Waals surface area contributed by atoms with Crippen LogP contribution in [0.15, 0.2) is 35.7 Å². The van der Waals surface area contributed by atoms with E-state index in [-0.39, 0.29) is 6.42 Å². The highest BCUT2D eigenvalue weighted by Gasteiger charge is 2.08. The highest BCUT2D eigenvalue weighted by atomic mass is 32.1. The molecule has 0 amide bonds. The number of aromatic nitrogens is 2. The normalized spacial score (nSPS) is 10.8. The Kier molecular flexibility index (Phi) is 4.52. The van der Waals surface area contributed by atoms with Gasteiger partial charge in [-0.1, -0.05) is 18.2 Å². The molecule has 0 bridgehead atoms. The van der Waals surface area contributed by atoms with Crippen molar-refractivity contribution in [2.75, 3.05) is 11.9 Å². The third-order valence-corrected chi connectivity index (χ3v) is 4.45. The van der Waals surface area contributed by atoms with E-state index in [1.165, 1.54) is 0 Å². The predicted molar refractivity (Wildman–Crippen MR) is 92.1 cm³/mol. The quantitative estimate of drug-likeness (QED) is 0.727. The summed E-state index contributed by atoms with van der Waals surface area (Å²) in [7, 11) is 0. The summed E-state index contributed by atoms with van der Waals surface area (Å²) in [4.78, 5) is 19.8. The second-order valence-corrected chi connectivity index (χ2v) is 6.25. The molecule has 6 heteroatoms. The number of hydrogen-bond acceptors (Lipinski definition) is 5. The number of para-hydroxylation sites is 1. The summed E-state index contributed by atoms with van der Waals surface area (Å²) in [5.41, 5.74) is 3.32. The number of aryl methyl sites for hydroxylation is 1. The first-order valence-electron chi connectivity index (χ1n) is 7.37. The molecule has 2 N–H and O–H groups in total. The predicted octanol–water partition coefficient (Wildman–Crippen LogP) is 3.28. The Balaban J connectivity index is 1.81. The van der Waals surface area contributed by atoms with Crippen molar-refractivity contribution >= 4 is 33.9 Å². The van der Waals surface area contributed by atoms with Crippen LogP contribution in [0, 0.1) is 6.92 Å². The van der Waals surface area contributed by atoms with Crippen molar-refractivity contribution in [3.8, 4) is 0 Å². The summed E-state index contributed by atoms with van der Waals surface area (Å²) < 4.78 is 0. The molecule has 1 aromatic carbocycles. The lowest BCUT2D eigenvalue weighted by atomic mass is 10.1. The van der Waals surface area contributed by atoms with Gasteiger partial charge in [-0.3, -0.25) is 9.78 Å². The molecule has 5 nitrogen and oxygen atoms in total. The molecule has 0 radical (unpaired) electrons. The zero-order valence-corrected chi connectivity index (χ0v) is 13.6. The van der Waals surface area contributed by atoms with Crippen LogP contribution in [0.3, 0.4) is 0 Å². The number of carboxylic acids is 1. The van der Waals surface area contributed by atoms with Crippen LogP contribution in [0.5, 0.6) is 0 Å². The summed E-state index contributed by atoms with van der Waals surface area (Å²) in [5.74, 6) is -0.878. The summed E-state index contributed by atoms with van der Waals surface area (Å²) in [6.07, 6.45) is 0.759. The van der Waals surface area contributed by atoms with Gasteiger partial charge in [0.05, 0.1) is 22.6 Å². The minimum atomic E-state index is -0.878. The molecule has 3 aromatic rings. The number of anilines is 1. The number of fused-ring (bicyclic) bond motifs is 1. The molecule has 0 aliphatic rings. The summed E-state index contributed by atoms with van der Waals surface area (Å²) >= 11 is 1.66. The smallest absolute Gasteiger partial charge is 0.309 e. The van der Waals surface area contributed by atoms with Gasteiger partial charge in [0.15, 0.2) is 0 Å². The SMILES string of the molecule is Cc1csc(CCNc2cc(CC(=O)O)nc3ccccc23)n1. The Labute approximate surface area is 138 Å². The molecule has 0 saturated heterocycles. The first kappa shape index (κ1) is 15.4. The van der Waals surface area contributed by atoms with Crippen LogP contribution in [0.4, 0.5) is 5.69 Å². The fourth-order valence-corrected chi connectivity index (χ4v) is 3.22. The highest BCUT2D eigenvalue weighted by Crippen LogP contribution is 2.23. The van der Waals surface area contributed by atoms with Gasteiger partial charge >= 0.3 is 5.97 Å². The van der Waals surface area contributed by atoms with E-state index in [1.807, 2.05) is 42.6 Å². The monoisotopic (exact) mass is 327 g/mol. The number of benzene rings is 1. The van der Waals surface area contributed by atoms with Gasteiger partial charge in [-0.25, -0.2) is 4.98 Å². The van der Waals surface area contributed by atoms with Gasteiger partial charge in [-0.15, -0.1) is 11.3 Å². The molecule has 23 heavy (non-hydrogen) atoms. The highest BCUT2D eigenvalue weighted by molar-refractivity contribution is 7.09. The van der Waals surface area contributed by atoms with E-state index in [0.29, 0.717) is 5.69 Å². The topological polar surface area (TPSA) is 75.1 Å². The second kappa shape index (κ2) is 6.75. The van der Waals surface area contributed by atoms with E-state index < -0.39 is 5.97 Å². The lowest BCUT2D eigenvalue weighted by molar-refractivity contribution is -0.136. The van der Waals surface area contributed by atoms with Crippen LogP contribution < -0.4 is 5.32 Å². The van der Waals surface area contributed by atoms with E-state index >= 15 is 0 Å². The Hall–Kier alpha value is -2.47. The van der Waals surface area contributed by atoms with Gasteiger partial charge in [0.1, 0.15) is 0 Å². The molecule has 118 valence electrons. The Morgan fingerprint density at radius 1 is 1.30 bits per heavy atom. The van der Waals surface area contributed by atoms with E-state index in [4.69, 9.17) is 5.11 Å². The number of nitrogens with one attached hydrogen (secondary N) is 1. The van der Waals surface area contributed by atoms with Crippen molar-refractivity contribution in [2.24, 2.45) is 0 Å². The van der Waals surface area contributed by atoms with Gasteiger partial charge in [-0.05, 0) is 19.1 Å². The van der Waals surface area contributed by atoms with Gasteiger partial charge in [-0.2, -0.15) is 0 Å². The van der Waals surface area contributed by atoms with E-state index in [2.05, 4.69) is 15.3 Å². The zero-order valence-electron chi connectivity index (χ0n) is 12.7. The minimum absolute atomic E-state index is 0.0782. The number of carboxylic acid groups (broad SMARTS) is 1. The van der Waals surface area contributed by atoms with Crippen LogP contribution in [0.1, 0.15) is 16.4 Å². The van der Waals surface area contributed by atoms with E-state index in [9.17, 15) is 4.79 Å². The molecule has 3 rings (SSSR count). The Morgan fingerprint density at radius 3 is 2.87 bits per heavy atom. The lowest BCUT2D eigenvalue weighted by Gasteiger charge is -2.11. The second-order valence-electron chi connectivity index (χ2n) is 5.31. The van der Waals surface area contributed by atoms with Gasteiger partial charge in [0.2, 0.25) is 0 Å². The van der Waals surface area contributed by atoms with E-state index in [0.717, 1.165) is 40.3 Å². The Bertz CT molecular complexity index is 845. The average molecular weight is 327 g/mol. The molecular formula is C17H17N3O2S. The average Bonchev–Trinajstić information content (AvgIpc) is 2.92. The molecule has 0 atom stereocenters. The van der Waals surface area contributed by atoms with Gasteiger partial charge in [0.25, 0.3) is 0 Å². The number of nitrogens with zero attached hydrogens (tertiary/aromatic N) is 2. The van der Waals surface area contributed by atoms with Crippen LogP contribution in [0.25, 0.3) is 10.9 Å². The number of aliphatic carboxylic acids is 1. The van der Waals surface area contributed by atoms with Crippen LogP contribution in [-0.2, 0) is 17.6 Å². The van der Waals surface area contributed by atoms with Gasteiger partial charge in [0, 0.05) is 35.1 Å². The van der Waals surface area contributed by atoms with Crippen LogP contribution >= 0.6 is 11.3 Å². The molecular weight excluding hydrogens is 310 g/mol. The molecule has 0 fully saturated rings. The Morgan fingerprint density at radius 2 is 2.13 bits per heavy atom. The fraction of sp³-hybridized carbons (Fsp3) is 0.235. The van der Waals surface area contributed by atoms with Crippen molar-refractivity contribution in [1.29, 1.82) is 0 Å². The van der Waals surface area contributed by atoms with Crippen molar-refractivity contribution in [3.05, 3.63) is 52.1 Å². The maximum atomic E-state index is 11.0. The van der Waals surface area contributed by atoms with E-state index in [1.54, 1.807) is 11.3 Å². The standard InChI is InChI=1S/C17H17N3O2S/c1-11-10-23-16(19-11)6-7-18-15-8-12(9-17(21)22)20-14-5-3-2-4-13(14)15/h2-5,8,10H,6-7,9H2,1H3,(H,18,20)(H,21,22). The lowest BCUT2D eigenvalue weighted by Crippen LogP contribution is -2.08. The molecule has 0 spiro atoms. The fourth-order valence-electron chi connectivity index (χ4n) is 2.44. The molecule has 0 saturated carbocycles.